The van der Waals surface area contributed by atoms with Crippen LogP contribution in [-0.4, -0.2) is 43.5 Å². The molecule has 2 aromatic carbocycles. The maximum absolute atomic E-state index is 13.1. The zero-order valence-electron chi connectivity index (χ0n) is 17.8. The standard InChI is InChI=1S/C23H28Cl2N2O3/c1-15-6-5-7-21(17(15)3)26-22(28)14-27(10-11-30-4)23(29)16(2)12-18-8-9-19(24)13-20(18)25/h5-9,13,16H,10-12,14H2,1-4H3,(H,26,28). The van der Waals surface area contributed by atoms with Gasteiger partial charge in [0.25, 0.3) is 0 Å². The van der Waals surface area contributed by atoms with Gasteiger partial charge in [-0.15, -0.1) is 0 Å². The second-order valence-corrected chi connectivity index (χ2v) is 8.23. The van der Waals surface area contributed by atoms with Crippen molar-refractivity contribution < 1.29 is 14.3 Å². The first-order chi connectivity index (χ1) is 14.2. The molecule has 0 saturated heterocycles. The molecule has 5 nitrogen and oxygen atoms in total. The van der Waals surface area contributed by atoms with Crippen molar-refractivity contribution in [2.75, 3.05) is 32.1 Å². The summed E-state index contributed by atoms with van der Waals surface area (Å²) < 4.78 is 5.13. The molecule has 7 heteroatoms. The smallest absolute Gasteiger partial charge is 0.244 e. The van der Waals surface area contributed by atoms with E-state index in [2.05, 4.69) is 5.32 Å². The highest BCUT2D eigenvalue weighted by atomic mass is 35.5. The fourth-order valence-corrected chi connectivity index (χ4v) is 3.62. The molecule has 162 valence electrons. The van der Waals surface area contributed by atoms with E-state index >= 15 is 0 Å². The van der Waals surface area contributed by atoms with Crippen molar-refractivity contribution in [1.82, 2.24) is 4.90 Å². The normalized spacial score (nSPS) is 11.8. The number of nitrogens with one attached hydrogen (secondary N) is 1. The molecule has 0 heterocycles. The number of hydrogen-bond donors (Lipinski definition) is 1. The third-order valence-corrected chi connectivity index (χ3v) is 5.64. The van der Waals surface area contributed by atoms with Gasteiger partial charge < -0.3 is 15.0 Å². The molecule has 0 saturated carbocycles. The Hall–Kier alpha value is -2.08. The van der Waals surface area contributed by atoms with Crippen LogP contribution in [0.1, 0.15) is 23.6 Å². The van der Waals surface area contributed by atoms with Crippen LogP contribution in [0.5, 0.6) is 0 Å². The first-order valence-electron chi connectivity index (χ1n) is 9.80. The summed E-state index contributed by atoms with van der Waals surface area (Å²) in [5.41, 5.74) is 3.69. The summed E-state index contributed by atoms with van der Waals surface area (Å²) in [7, 11) is 1.57. The molecule has 0 aromatic heterocycles. The molecule has 0 aliphatic carbocycles. The minimum atomic E-state index is -0.353. The van der Waals surface area contributed by atoms with Crippen LogP contribution in [-0.2, 0) is 20.7 Å². The SMILES string of the molecule is COCCN(CC(=O)Nc1cccc(C)c1C)C(=O)C(C)Cc1ccc(Cl)cc1Cl. The number of methoxy groups -OCH3 is 1. The van der Waals surface area contributed by atoms with Crippen molar-refractivity contribution in [3.8, 4) is 0 Å². The zero-order chi connectivity index (χ0) is 22.3. The fourth-order valence-electron chi connectivity index (χ4n) is 3.13. The Morgan fingerprint density at radius 2 is 1.90 bits per heavy atom. The van der Waals surface area contributed by atoms with E-state index < -0.39 is 0 Å². The van der Waals surface area contributed by atoms with Gasteiger partial charge in [-0.2, -0.15) is 0 Å². The van der Waals surface area contributed by atoms with Gasteiger partial charge in [-0.25, -0.2) is 0 Å². The number of benzene rings is 2. The fraction of sp³-hybridized carbons (Fsp3) is 0.391. The quantitative estimate of drug-likeness (QED) is 0.590. The first-order valence-corrected chi connectivity index (χ1v) is 10.6. The third-order valence-electron chi connectivity index (χ3n) is 5.05. The van der Waals surface area contributed by atoms with E-state index in [0.717, 1.165) is 22.4 Å². The average molecular weight is 451 g/mol. The largest absolute Gasteiger partial charge is 0.383 e. The predicted molar refractivity (Wildman–Crippen MR) is 122 cm³/mol. The predicted octanol–water partition coefficient (Wildman–Crippen LogP) is 4.90. The summed E-state index contributed by atoms with van der Waals surface area (Å²) in [4.78, 5) is 27.2. The van der Waals surface area contributed by atoms with E-state index in [1.807, 2.05) is 45.0 Å². The Labute approximate surface area is 188 Å². The third kappa shape index (κ3) is 6.73. The van der Waals surface area contributed by atoms with E-state index in [9.17, 15) is 9.59 Å². The van der Waals surface area contributed by atoms with E-state index in [1.165, 1.54) is 4.90 Å². The van der Waals surface area contributed by atoms with Crippen LogP contribution in [0, 0.1) is 19.8 Å². The molecule has 0 spiro atoms. The number of aryl methyl sites for hydroxylation is 1. The van der Waals surface area contributed by atoms with Gasteiger partial charge in [-0.05, 0) is 55.2 Å². The Morgan fingerprint density at radius 3 is 2.57 bits per heavy atom. The maximum Gasteiger partial charge on any atom is 0.244 e. The van der Waals surface area contributed by atoms with Gasteiger partial charge in [0.15, 0.2) is 0 Å². The summed E-state index contributed by atoms with van der Waals surface area (Å²) in [5.74, 6) is -0.729. The van der Waals surface area contributed by atoms with Gasteiger partial charge in [0.2, 0.25) is 11.8 Å². The summed E-state index contributed by atoms with van der Waals surface area (Å²) in [6.07, 6.45) is 0.455. The van der Waals surface area contributed by atoms with E-state index in [4.69, 9.17) is 27.9 Å². The lowest BCUT2D eigenvalue weighted by Gasteiger charge is -2.25. The maximum atomic E-state index is 13.1. The van der Waals surface area contributed by atoms with Crippen LogP contribution in [0.15, 0.2) is 36.4 Å². The molecular formula is C23H28Cl2N2O3. The minimum Gasteiger partial charge on any atom is -0.383 e. The average Bonchev–Trinajstić information content (AvgIpc) is 2.70. The van der Waals surface area contributed by atoms with Gasteiger partial charge >= 0.3 is 0 Å². The molecular weight excluding hydrogens is 423 g/mol. The summed E-state index contributed by atoms with van der Waals surface area (Å²) in [6.45, 7) is 6.40. The van der Waals surface area contributed by atoms with Gasteiger partial charge in [0, 0.05) is 35.3 Å². The number of hydrogen-bond acceptors (Lipinski definition) is 3. The molecule has 2 rings (SSSR count). The molecule has 30 heavy (non-hydrogen) atoms. The second-order valence-electron chi connectivity index (χ2n) is 7.39. The first kappa shape index (κ1) is 24.2. The Morgan fingerprint density at radius 1 is 1.17 bits per heavy atom. The molecule has 0 radical (unpaired) electrons. The lowest BCUT2D eigenvalue weighted by Crippen LogP contribution is -2.43. The summed E-state index contributed by atoms with van der Waals surface area (Å²) in [6, 6.07) is 11.0. The van der Waals surface area contributed by atoms with E-state index in [1.54, 1.807) is 19.2 Å². The molecule has 0 fully saturated rings. The zero-order valence-corrected chi connectivity index (χ0v) is 19.3. The van der Waals surface area contributed by atoms with Crippen LogP contribution < -0.4 is 5.32 Å². The highest BCUT2D eigenvalue weighted by Crippen LogP contribution is 2.24. The number of ether oxygens (including phenoxy) is 1. The van der Waals surface area contributed by atoms with Gasteiger partial charge in [0.1, 0.15) is 0 Å². The molecule has 2 amide bonds. The monoisotopic (exact) mass is 450 g/mol. The van der Waals surface area contributed by atoms with Crippen molar-refractivity contribution in [2.24, 2.45) is 5.92 Å². The highest BCUT2D eigenvalue weighted by molar-refractivity contribution is 6.35. The number of halogens is 2. The number of nitrogens with zero attached hydrogens (tertiary/aromatic N) is 1. The molecule has 2 aromatic rings. The molecule has 1 unspecified atom stereocenters. The molecule has 1 N–H and O–H groups in total. The Bertz CT molecular complexity index is 902. The number of amides is 2. The van der Waals surface area contributed by atoms with Crippen molar-refractivity contribution in [3.05, 3.63) is 63.1 Å². The summed E-state index contributed by atoms with van der Waals surface area (Å²) >= 11 is 12.2. The van der Waals surface area contributed by atoms with Crippen LogP contribution in [0.25, 0.3) is 0 Å². The molecule has 0 aliphatic heterocycles. The van der Waals surface area contributed by atoms with Gasteiger partial charge in [-0.3, -0.25) is 9.59 Å². The number of carbonyl (C=O) groups excluding carboxylic acids is 2. The topological polar surface area (TPSA) is 58.6 Å². The van der Waals surface area contributed by atoms with Gasteiger partial charge in [-0.1, -0.05) is 48.3 Å². The number of rotatable bonds is 9. The molecule has 0 aliphatic rings. The highest BCUT2D eigenvalue weighted by Gasteiger charge is 2.24. The van der Waals surface area contributed by atoms with E-state index in [-0.39, 0.29) is 24.3 Å². The number of anilines is 1. The van der Waals surface area contributed by atoms with Crippen molar-refractivity contribution in [2.45, 2.75) is 27.2 Å². The minimum absolute atomic E-state index is 0.0474. The summed E-state index contributed by atoms with van der Waals surface area (Å²) in [5, 5.41) is 3.98. The van der Waals surface area contributed by atoms with Crippen LogP contribution >= 0.6 is 23.2 Å². The van der Waals surface area contributed by atoms with Crippen molar-refractivity contribution in [1.29, 1.82) is 0 Å². The Kier molecular flexibility index (Phi) is 9.15. The number of carbonyl (C=O) groups is 2. The van der Waals surface area contributed by atoms with Crippen LogP contribution in [0.2, 0.25) is 10.0 Å². The van der Waals surface area contributed by atoms with Crippen LogP contribution in [0.3, 0.4) is 0 Å². The van der Waals surface area contributed by atoms with Crippen LogP contribution in [0.4, 0.5) is 5.69 Å². The van der Waals surface area contributed by atoms with Crippen molar-refractivity contribution >= 4 is 40.7 Å². The Balaban J connectivity index is 2.08. The molecule has 0 bridgehead atoms. The molecule has 1 atom stereocenters. The second kappa shape index (κ2) is 11.3. The lowest BCUT2D eigenvalue weighted by molar-refractivity contribution is -0.138. The lowest BCUT2D eigenvalue weighted by atomic mass is 9.99. The van der Waals surface area contributed by atoms with Crippen molar-refractivity contribution in [3.63, 3.8) is 0 Å². The van der Waals surface area contributed by atoms with Gasteiger partial charge in [0.05, 0.1) is 13.2 Å². The van der Waals surface area contributed by atoms with E-state index in [0.29, 0.717) is 29.6 Å².